The second-order valence-corrected chi connectivity index (χ2v) is 5.30. The standard InChI is InChI=1S/C12H19N3OS/c1-13-12-15-10(8-17-12)7-14-11(16)9-5-3-2-4-6-9/h8-9H,2-7H2,1H3,(H,13,15)(H,14,16). The molecule has 4 nitrogen and oxygen atoms in total. The van der Waals surface area contributed by atoms with Crippen LogP contribution < -0.4 is 10.6 Å². The van der Waals surface area contributed by atoms with Crippen LogP contribution >= 0.6 is 11.3 Å². The van der Waals surface area contributed by atoms with E-state index in [1.165, 1.54) is 19.3 Å². The van der Waals surface area contributed by atoms with Gasteiger partial charge in [0.2, 0.25) is 5.91 Å². The Balaban J connectivity index is 1.78. The van der Waals surface area contributed by atoms with E-state index in [9.17, 15) is 4.79 Å². The van der Waals surface area contributed by atoms with E-state index < -0.39 is 0 Å². The van der Waals surface area contributed by atoms with Crippen molar-refractivity contribution < 1.29 is 4.79 Å². The molecule has 5 heteroatoms. The number of hydrogen-bond donors (Lipinski definition) is 2. The van der Waals surface area contributed by atoms with Crippen LogP contribution in [0.2, 0.25) is 0 Å². The zero-order valence-electron chi connectivity index (χ0n) is 10.2. The van der Waals surface area contributed by atoms with Crippen LogP contribution in [0.3, 0.4) is 0 Å². The third kappa shape index (κ3) is 3.43. The summed E-state index contributed by atoms with van der Waals surface area (Å²) in [6, 6.07) is 0. The highest BCUT2D eigenvalue weighted by atomic mass is 32.1. The van der Waals surface area contributed by atoms with E-state index in [-0.39, 0.29) is 11.8 Å². The zero-order valence-corrected chi connectivity index (χ0v) is 11.0. The molecule has 0 radical (unpaired) electrons. The maximum absolute atomic E-state index is 11.9. The molecule has 0 atom stereocenters. The second-order valence-electron chi connectivity index (χ2n) is 4.45. The van der Waals surface area contributed by atoms with Crippen LogP contribution in [0.1, 0.15) is 37.8 Å². The largest absolute Gasteiger partial charge is 0.365 e. The molecule has 17 heavy (non-hydrogen) atoms. The molecule has 1 fully saturated rings. The van der Waals surface area contributed by atoms with Crippen LogP contribution in [-0.2, 0) is 11.3 Å². The molecule has 0 spiro atoms. The molecule has 1 aliphatic carbocycles. The van der Waals surface area contributed by atoms with E-state index in [0.717, 1.165) is 23.7 Å². The molecule has 1 amide bonds. The van der Waals surface area contributed by atoms with Crippen molar-refractivity contribution in [2.24, 2.45) is 5.92 Å². The van der Waals surface area contributed by atoms with Gasteiger partial charge < -0.3 is 10.6 Å². The van der Waals surface area contributed by atoms with Gasteiger partial charge in [-0.25, -0.2) is 4.98 Å². The lowest BCUT2D eigenvalue weighted by atomic mass is 9.89. The zero-order chi connectivity index (χ0) is 12.1. The number of nitrogens with one attached hydrogen (secondary N) is 2. The first-order valence-corrected chi connectivity index (χ1v) is 7.07. The maximum atomic E-state index is 11.9. The van der Waals surface area contributed by atoms with Gasteiger partial charge in [0.15, 0.2) is 5.13 Å². The first kappa shape index (κ1) is 12.4. The van der Waals surface area contributed by atoms with Gasteiger partial charge in [0.25, 0.3) is 0 Å². The molecule has 1 aromatic heterocycles. The summed E-state index contributed by atoms with van der Waals surface area (Å²) in [5.41, 5.74) is 0.934. The minimum absolute atomic E-state index is 0.198. The number of rotatable bonds is 4. The summed E-state index contributed by atoms with van der Waals surface area (Å²) >= 11 is 1.56. The fourth-order valence-electron chi connectivity index (χ4n) is 2.19. The minimum atomic E-state index is 0.198. The summed E-state index contributed by atoms with van der Waals surface area (Å²) in [5.74, 6) is 0.426. The van der Waals surface area contributed by atoms with Crippen molar-refractivity contribution in [3.63, 3.8) is 0 Å². The molecule has 2 N–H and O–H groups in total. The normalized spacial score (nSPS) is 16.8. The topological polar surface area (TPSA) is 54.0 Å². The number of aromatic nitrogens is 1. The van der Waals surface area contributed by atoms with Crippen LogP contribution in [-0.4, -0.2) is 17.9 Å². The maximum Gasteiger partial charge on any atom is 0.223 e. The summed E-state index contributed by atoms with van der Waals surface area (Å²) in [5, 5.41) is 8.85. The predicted molar refractivity (Wildman–Crippen MR) is 70.1 cm³/mol. The molecule has 1 aromatic rings. The highest BCUT2D eigenvalue weighted by Crippen LogP contribution is 2.23. The molecule has 0 bridgehead atoms. The average Bonchev–Trinajstić information content (AvgIpc) is 2.85. The van der Waals surface area contributed by atoms with Crippen molar-refractivity contribution in [1.82, 2.24) is 10.3 Å². The average molecular weight is 253 g/mol. The lowest BCUT2D eigenvalue weighted by Gasteiger charge is -2.20. The van der Waals surface area contributed by atoms with Gasteiger partial charge >= 0.3 is 0 Å². The van der Waals surface area contributed by atoms with E-state index in [4.69, 9.17) is 0 Å². The number of carbonyl (C=O) groups is 1. The predicted octanol–water partition coefficient (Wildman–Crippen LogP) is 2.38. The minimum Gasteiger partial charge on any atom is -0.365 e. The molecule has 1 aliphatic rings. The number of carbonyl (C=O) groups excluding carboxylic acids is 1. The van der Waals surface area contributed by atoms with Crippen LogP contribution in [0.25, 0.3) is 0 Å². The first-order valence-electron chi connectivity index (χ1n) is 6.19. The van der Waals surface area contributed by atoms with Gasteiger partial charge in [0.05, 0.1) is 12.2 Å². The third-order valence-electron chi connectivity index (χ3n) is 3.19. The Kier molecular flexibility index (Phi) is 4.36. The monoisotopic (exact) mass is 253 g/mol. The highest BCUT2D eigenvalue weighted by molar-refractivity contribution is 7.13. The Morgan fingerprint density at radius 3 is 2.88 bits per heavy atom. The van der Waals surface area contributed by atoms with Crippen molar-refractivity contribution in [2.75, 3.05) is 12.4 Å². The molecule has 0 aliphatic heterocycles. The quantitative estimate of drug-likeness (QED) is 0.866. The van der Waals surface area contributed by atoms with Gasteiger partial charge in [-0.15, -0.1) is 11.3 Å². The SMILES string of the molecule is CNc1nc(CNC(=O)C2CCCCC2)cs1. The van der Waals surface area contributed by atoms with Crippen molar-refractivity contribution >= 4 is 22.4 Å². The Morgan fingerprint density at radius 1 is 1.47 bits per heavy atom. The number of nitrogens with zero attached hydrogens (tertiary/aromatic N) is 1. The summed E-state index contributed by atoms with van der Waals surface area (Å²) < 4.78 is 0. The molecule has 1 saturated carbocycles. The van der Waals surface area contributed by atoms with Crippen molar-refractivity contribution in [2.45, 2.75) is 38.6 Å². The van der Waals surface area contributed by atoms with Crippen molar-refractivity contribution in [3.8, 4) is 0 Å². The smallest absolute Gasteiger partial charge is 0.223 e. The second kappa shape index (κ2) is 6.00. The Hall–Kier alpha value is -1.10. The van der Waals surface area contributed by atoms with Crippen LogP contribution in [0.4, 0.5) is 5.13 Å². The van der Waals surface area contributed by atoms with Gasteiger partial charge in [-0.3, -0.25) is 4.79 Å². The molecule has 0 aromatic carbocycles. The summed E-state index contributed by atoms with van der Waals surface area (Å²) in [6.07, 6.45) is 5.76. The summed E-state index contributed by atoms with van der Waals surface area (Å²) in [4.78, 5) is 16.2. The fraction of sp³-hybridized carbons (Fsp3) is 0.667. The number of amides is 1. The van der Waals surface area contributed by atoms with E-state index in [2.05, 4.69) is 15.6 Å². The fourth-order valence-corrected chi connectivity index (χ4v) is 2.86. The number of hydrogen-bond acceptors (Lipinski definition) is 4. The van der Waals surface area contributed by atoms with Crippen molar-refractivity contribution in [3.05, 3.63) is 11.1 Å². The van der Waals surface area contributed by atoms with E-state index in [1.54, 1.807) is 11.3 Å². The molecule has 2 rings (SSSR count). The molecule has 94 valence electrons. The third-order valence-corrected chi connectivity index (χ3v) is 4.09. The van der Waals surface area contributed by atoms with E-state index in [1.807, 2.05) is 12.4 Å². The van der Waals surface area contributed by atoms with E-state index in [0.29, 0.717) is 6.54 Å². The van der Waals surface area contributed by atoms with E-state index >= 15 is 0 Å². The summed E-state index contributed by atoms with van der Waals surface area (Å²) in [7, 11) is 1.85. The lowest BCUT2D eigenvalue weighted by molar-refractivity contribution is -0.126. The molecular formula is C12H19N3OS. The van der Waals surface area contributed by atoms with Gasteiger partial charge in [0, 0.05) is 18.3 Å². The Labute approximate surface area is 106 Å². The highest BCUT2D eigenvalue weighted by Gasteiger charge is 2.20. The van der Waals surface area contributed by atoms with Gasteiger partial charge in [0.1, 0.15) is 0 Å². The lowest BCUT2D eigenvalue weighted by Crippen LogP contribution is -2.31. The van der Waals surface area contributed by atoms with Crippen LogP contribution in [0.5, 0.6) is 0 Å². The Bertz CT molecular complexity index is 372. The Morgan fingerprint density at radius 2 is 2.24 bits per heavy atom. The molecule has 1 heterocycles. The van der Waals surface area contributed by atoms with Crippen LogP contribution in [0, 0.1) is 5.92 Å². The van der Waals surface area contributed by atoms with Gasteiger partial charge in [-0.05, 0) is 12.8 Å². The molecule has 0 unspecified atom stereocenters. The van der Waals surface area contributed by atoms with Crippen LogP contribution in [0.15, 0.2) is 5.38 Å². The van der Waals surface area contributed by atoms with Gasteiger partial charge in [-0.2, -0.15) is 0 Å². The number of anilines is 1. The van der Waals surface area contributed by atoms with Gasteiger partial charge in [-0.1, -0.05) is 19.3 Å². The summed E-state index contributed by atoms with van der Waals surface area (Å²) in [6.45, 7) is 0.549. The molecular weight excluding hydrogens is 234 g/mol. The van der Waals surface area contributed by atoms with Crippen molar-refractivity contribution in [1.29, 1.82) is 0 Å². The molecule has 0 saturated heterocycles. The number of thiazole rings is 1. The first-order chi connectivity index (χ1) is 8.29.